The van der Waals surface area contributed by atoms with Crippen LogP contribution in [0.4, 0.5) is 0 Å². The Bertz CT molecular complexity index is 268. The van der Waals surface area contributed by atoms with Crippen molar-refractivity contribution in [3.8, 4) is 0 Å². The molecule has 0 bridgehead atoms. The quantitative estimate of drug-likeness (QED) is 0.408. The van der Waals surface area contributed by atoms with Crippen LogP contribution in [-0.2, 0) is 9.22 Å². The van der Waals surface area contributed by atoms with E-state index in [9.17, 15) is 4.79 Å². The van der Waals surface area contributed by atoms with Gasteiger partial charge < -0.3 is 9.22 Å². The minimum absolute atomic E-state index is 0.195. The molecule has 15 heavy (non-hydrogen) atoms. The van der Waals surface area contributed by atoms with Crippen molar-refractivity contribution in [3.63, 3.8) is 0 Å². The highest BCUT2D eigenvalue weighted by atomic mass is 28.4. The van der Waals surface area contributed by atoms with E-state index in [1.54, 1.807) is 0 Å². The van der Waals surface area contributed by atoms with Crippen molar-refractivity contribution in [1.82, 2.24) is 0 Å². The van der Waals surface area contributed by atoms with Crippen LogP contribution < -0.4 is 0 Å². The molecule has 0 aliphatic carbocycles. The molecule has 0 amide bonds. The van der Waals surface area contributed by atoms with Gasteiger partial charge in [0.1, 0.15) is 6.29 Å². The first kappa shape index (κ1) is 14.4. The highest BCUT2D eigenvalue weighted by Gasteiger charge is 2.37. The van der Waals surface area contributed by atoms with Crippen molar-refractivity contribution in [2.24, 2.45) is 0 Å². The fraction of sp³-hybridized carbons (Fsp3) is 0.667. The Morgan fingerprint density at radius 2 is 2.00 bits per heavy atom. The summed E-state index contributed by atoms with van der Waals surface area (Å²) in [6.45, 7) is 15.0. The lowest BCUT2D eigenvalue weighted by molar-refractivity contribution is -0.107. The lowest BCUT2D eigenvalue weighted by atomic mass is 10.2. The SMILES string of the molecule is C=C=C(CC=O)CO[Si](C)(C)C(C)(C)C. The summed E-state index contributed by atoms with van der Waals surface area (Å²) in [5.74, 6) is 0. The van der Waals surface area contributed by atoms with Gasteiger partial charge in [0.05, 0.1) is 6.61 Å². The Kier molecular flexibility index (Phi) is 5.22. The first-order chi connectivity index (χ1) is 6.74. The molecule has 0 radical (unpaired) electrons. The van der Waals surface area contributed by atoms with Gasteiger partial charge in [0.25, 0.3) is 0 Å². The smallest absolute Gasteiger partial charge is 0.192 e. The predicted octanol–water partition coefficient (Wildman–Crippen LogP) is 3.31. The first-order valence-electron chi connectivity index (χ1n) is 5.20. The van der Waals surface area contributed by atoms with Crippen LogP contribution >= 0.6 is 0 Å². The molecule has 0 aliphatic rings. The molecule has 0 unspecified atom stereocenters. The molecule has 0 atom stereocenters. The molecular formula is C12H22O2Si. The number of rotatable bonds is 5. The van der Waals surface area contributed by atoms with Gasteiger partial charge in [-0.1, -0.05) is 27.4 Å². The summed E-state index contributed by atoms with van der Waals surface area (Å²) in [6.07, 6.45) is 1.24. The molecule has 3 heteroatoms. The van der Waals surface area contributed by atoms with Crippen molar-refractivity contribution in [2.45, 2.75) is 45.3 Å². The second kappa shape index (κ2) is 5.45. The van der Waals surface area contributed by atoms with Crippen molar-refractivity contribution in [3.05, 3.63) is 17.9 Å². The number of carbonyl (C=O) groups is 1. The normalized spacial score (nSPS) is 12.1. The van der Waals surface area contributed by atoms with Crippen molar-refractivity contribution in [1.29, 1.82) is 0 Å². The molecule has 0 heterocycles. The van der Waals surface area contributed by atoms with Crippen LogP contribution in [0.5, 0.6) is 0 Å². The van der Waals surface area contributed by atoms with Crippen LogP contribution in [0, 0.1) is 0 Å². The minimum Gasteiger partial charge on any atom is -0.412 e. The zero-order chi connectivity index (χ0) is 12.1. The van der Waals surface area contributed by atoms with Gasteiger partial charge in [-0.25, -0.2) is 0 Å². The van der Waals surface area contributed by atoms with E-state index in [0.29, 0.717) is 13.0 Å². The molecule has 0 fully saturated rings. The van der Waals surface area contributed by atoms with Crippen LogP contribution in [0.25, 0.3) is 0 Å². The minimum atomic E-state index is -1.72. The van der Waals surface area contributed by atoms with Gasteiger partial charge in [-0.05, 0) is 18.1 Å². The summed E-state index contributed by atoms with van der Waals surface area (Å²) in [6, 6.07) is 0. The van der Waals surface area contributed by atoms with E-state index in [2.05, 4.69) is 46.2 Å². The lowest BCUT2D eigenvalue weighted by Crippen LogP contribution is -2.41. The van der Waals surface area contributed by atoms with Gasteiger partial charge >= 0.3 is 0 Å². The second-order valence-corrected chi connectivity index (χ2v) is 10.0. The fourth-order valence-electron chi connectivity index (χ4n) is 0.767. The standard InChI is InChI=1S/C12H22O2Si/c1-7-11(8-9-13)10-14-15(5,6)12(2,3)4/h9H,1,8,10H2,2-6H3. The van der Waals surface area contributed by atoms with Crippen molar-refractivity contribution < 1.29 is 9.22 Å². The number of hydrogen-bond acceptors (Lipinski definition) is 2. The largest absolute Gasteiger partial charge is 0.412 e. The highest BCUT2D eigenvalue weighted by molar-refractivity contribution is 6.74. The van der Waals surface area contributed by atoms with E-state index in [0.717, 1.165) is 11.9 Å². The molecule has 0 aromatic heterocycles. The zero-order valence-corrected chi connectivity index (χ0v) is 11.5. The summed E-state index contributed by atoms with van der Waals surface area (Å²) >= 11 is 0. The van der Waals surface area contributed by atoms with E-state index in [1.807, 2.05) is 0 Å². The maximum atomic E-state index is 10.4. The van der Waals surface area contributed by atoms with Crippen LogP contribution in [0.1, 0.15) is 27.2 Å². The molecule has 86 valence electrons. The van der Waals surface area contributed by atoms with Gasteiger partial charge in [-0.3, -0.25) is 0 Å². The predicted molar refractivity (Wildman–Crippen MR) is 66.5 cm³/mol. The number of carbonyl (C=O) groups excluding carboxylic acids is 1. The van der Waals surface area contributed by atoms with E-state index in [1.165, 1.54) is 0 Å². The maximum absolute atomic E-state index is 10.4. The van der Waals surface area contributed by atoms with E-state index >= 15 is 0 Å². The molecule has 0 aliphatic heterocycles. The fourth-order valence-corrected chi connectivity index (χ4v) is 1.73. The average molecular weight is 226 g/mol. The van der Waals surface area contributed by atoms with Crippen LogP contribution in [-0.4, -0.2) is 21.2 Å². The van der Waals surface area contributed by atoms with Gasteiger partial charge in [0.15, 0.2) is 8.32 Å². The van der Waals surface area contributed by atoms with Crippen LogP contribution in [0.3, 0.4) is 0 Å². The molecular weight excluding hydrogens is 204 g/mol. The molecule has 0 aromatic rings. The molecule has 2 nitrogen and oxygen atoms in total. The van der Waals surface area contributed by atoms with Crippen LogP contribution in [0.2, 0.25) is 18.1 Å². The molecule has 0 aromatic carbocycles. The Hall–Kier alpha value is -0.633. The Morgan fingerprint density at radius 1 is 1.47 bits per heavy atom. The van der Waals surface area contributed by atoms with Crippen LogP contribution in [0.15, 0.2) is 17.9 Å². The highest BCUT2D eigenvalue weighted by Crippen LogP contribution is 2.36. The Balaban J connectivity index is 4.38. The summed E-state index contributed by atoms with van der Waals surface area (Å²) in [5.41, 5.74) is 3.60. The third kappa shape index (κ3) is 4.60. The van der Waals surface area contributed by atoms with Crippen molar-refractivity contribution in [2.75, 3.05) is 6.61 Å². The van der Waals surface area contributed by atoms with E-state index in [-0.39, 0.29) is 5.04 Å². The van der Waals surface area contributed by atoms with Gasteiger partial charge in [0.2, 0.25) is 0 Å². The summed E-state index contributed by atoms with van der Waals surface area (Å²) < 4.78 is 5.94. The molecule has 0 saturated carbocycles. The molecule has 0 saturated heterocycles. The van der Waals surface area contributed by atoms with Gasteiger partial charge in [0, 0.05) is 12.0 Å². The lowest BCUT2D eigenvalue weighted by Gasteiger charge is -2.36. The van der Waals surface area contributed by atoms with Gasteiger partial charge in [-0.15, -0.1) is 5.73 Å². The zero-order valence-electron chi connectivity index (χ0n) is 10.5. The molecule has 0 N–H and O–H groups in total. The number of hydrogen-bond donors (Lipinski definition) is 0. The third-order valence-corrected chi connectivity index (χ3v) is 7.47. The average Bonchev–Trinajstić information content (AvgIpc) is 2.10. The summed E-state index contributed by atoms with van der Waals surface area (Å²) in [7, 11) is -1.72. The summed E-state index contributed by atoms with van der Waals surface area (Å²) in [4.78, 5) is 10.4. The first-order valence-corrected chi connectivity index (χ1v) is 8.11. The van der Waals surface area contributed by atoms with Crippen molar-refractivity contribution >= 4 is 14.6 Å². The Morgan fingerprint density at radius 3 is 2.33 bits per heavy atom. The van der Waals surface area contributed by atoms with E-state index in [4.69, 9.17) is 4.43 Å². The third-order valence-electron chi connectivity index (χ3n) is 2.99. The van der Waals surface area contributed by atoms with Gasteiger partial charge in [-0.2, -0.15) is 0 Å². The number of aldehydes is 1. The molecule has 0 spiro atoms. The summed E-state index contributed by atoms with van der Waals surface area (Å²) in [5, 5.41) is 0.195. The monoisotopic (exact) mass is 226 g/mol. The van der Waals surface area contributed by atoms with E-state index < -0.39 is 8.32 Å². The molecule has 0 rings (SSSR count). The Labute approximate surface area is 94.2 Å². The maximum Gasteiger partial charge on any atom is 0.192 e. The topological polar surface area (TPSA) is 26.3 Å². The second-order valence-electron chi connectivity index (χ2n) is 5.20.